The molecule has 0 aliphatic carbocycles. The lowest BCUT2D eigenvalue weighted by Crippen LogP contribution is -2.12. The van der Waals surface area contributed by atoms with Gasteiger partial charge in [0, 0.05) is 45.2 Å². The molecule has 0 bridgehead atoms. The number of nitrogens with zero attached hydrogens (tertiary/aromatic N) is 2. The summed E-state index contributed by atoms with van der Waals surface area (Å²) in [6, 6.07) is 64.1. The van der Waals surface area contributed by atoms with E-state index in [0.717, 1.165) is 5.69 Å². The maximum atomic E-state index is 6.13. The molecule has 0 saturated carbocycles. The van der Waals surface area contributed by atoms with Crippen LogP contribution in [0.2, 0.25) is 0 Å². The summed E-state index contributed by atoms with van der Waals surface area (Å²) in [6.45, 7) is 0.669. The quantitative estimate of drug-likeness (QED) is 0.167. The van der Waals surface area contributed by atoms with E-state index in [9.17, 15) is 0 Å². The molecular weight excluding hydrogens is 643 g/mol. The lowest BCUT2D eigenvalue weighted by molar-refractivity contribution is 0.778. The number of allylic oxidation sites excluding steroid dienone is 3. The lowest BCUT2D eigenvalue weighted by atomic mass is 9.80. The largest absolute Gasteiger partial charge is 0.405 e. The van der Waals surface area contributed by atoms with Gasteiger partial charge in [0.15, 0.2) is 0 Å². The molecule has 8 aromatic carbocycles. The van der Waals surface area contributed by atoms with Crippen molar-refractivity contribution >= 4 is 65.2 Å². The van der Waals surface area contributed by atoms with Crippen LogP contribution in [0.5, 0.6) is 0 Å². The number of aromatic nitrogens is 2. The highest BCUT2D eigenvalue weighted by Crippen LogP contribution is 2.43. The fourth-order valence-corrected chi connectivity index (χ4v) is 8.71. The van der Waals surface area contributed by atoms with Gasteiger partial charge in [-0.15, -0.1) is 0 Å². The second-order valence-electron chi connectivity index (χ2n) is 13.9. The minimum atomic E-state index is -0.0425. The van der Waals surface area contributed by atoms with Gasteiger partial charge in [-0.25, -0.2) is 0 Å². The molecule has 0 saturated heterocycles. The lowest BCUT2D eigenvalue weighted by Gasteiger charge is -2.26. The van der Waals surface area contributed by atoms with Crippen LogP contribution in [0, 0.1) is 0 Å². The van der Waals surface area contributed by atoms with E-state index < -0.39 is 0 Å². The van der Waals surface area contributed by atoms with Crippen molar-refractivity contribution in [1.82, 2.24) is 9.13 Å². The van der Waals surface area contributed by atoms with Crippen LogP contribution in [0.25, 0.3) is 70.8 Å². The summed E-state index contributed by atoms with van der Waals surface area (Å²) in [6.07, 6.45) is 5.89. The van der Waals surface area contributed by atoms with Crippen molar-refractivity contribution in [2.75, 3.05) is 0 Å². The SMILES string of the molecule is N/C=C\C=C(/Cn1c2ccccc2c2cc3c4ccccc4n(-c4ccccc4)c3cc21)C(c1cccc2ccccc12)c1cccc2ccccc12. The predicted molar refractivity (Wildman–Crippen MR) is 225 cm³/mol. The summed E-state index contributed by atoms with van der Waals surface area (Å²) < 4.78 is 4.94. The molecule has 0 radical (unpaired) electrons. The van der Waals surface area contributed by atoms with E-state index in [1.54, 1.807) is 6.20 Å². The predicted octanol–water partition coefficient (Wildman–Crippen LogP) is 12.4. The first-order valence-corrected chi connectivity index (χ1v) is 18.3. The van der Waals surface area contributed by atoms with Crippen molar-refractivity contribution in [2.45, 2.75) is 12.5 Å². The van der Waals surface area contributed by atoms with Crippen molar-refractivity contribution in [1.29, 1.82) is 0 Å². The summed E-state index contributed by atoms with van der Waals surface area (Å²) in [5, 5.41) is 10.00. The third-order valence-corrected chi connectivity index (χ3v) is 11.0. The van der Waals surface area contributed by atoms with E-state index in [1.165, 1.54) is 81.9 Å². The van der Waals surface area contributed by atoms with Crippen molar-refractivity contribution in [2.24, 2.45) is 5.73 Å². The molecular formula is C50H37N3. The standard InChI is InChI=1S/C50H37N3/c51-30-14-19-36(50(42-26-12-17-34-15-4-6-22-38(34)42)43-27-13-18-35-16-5-7-23-39(35)43)33-52-46-28-10-8-24-40(46)44-31-45-41-25-9-11-29-47(41)53(49(45)32-48(44)52)37-20-2-1-3-21-37/h1-32,50H,33,51H2/b30-14-,36-19+. The third kappa shape index (κ3) is 5.04. The van der Waals surface area contributed by atoms with E-state index in [-0.39, 0.29) is 5.92 Å². The van der Waals surface area contributed by atoms with E-state index in [0.29, 0.717) is 6.54 Å². The molecule has 0 aliphatic heterocycles. The first-order valence-electron chi connectivity index (χ1n) is 18.3. The van der Waals surface area contributed by atoms with Crippen molar-refractivity contribution in [3.63, 3.8) is 0 Å². The Hall–Kier alpha value is -6.84. The van der Waals surface area contributed by atoms with Crippen LogP contribution in [0.15, 0.2) is 200 Å². The van der Waals surface area contributed by atoms with Gasteiger partial charge < -0.3 is 14.9 Å². The Bertz CT molecular complexity index is 2960. The van der Waals surface area contributed by atoms with E-state index in [4.69, 9.17) is 5.73 Å². The average molecular weight is 680 g/mol. The Labute approximate surface area is 308 Å². The molecule has 2 heterocycles. The third-order valence-electron chi connectivity index (χ3n) is 11.0. The summed E-state index contributed by atoms with van der Waals surface area (Å²) >= 11 is 0. The van der Waals surface area contributed by atoms with Gasteiger partial charge in [0.1, 0.15) is 0 Å². The molecule has 0 unspecified atom stereocenters. The van der Waals surface area contributed by atoms with Gasteiger partial charge in [-0.2, -0.15) is 0 Å². The molecule has 2 N–H and O–H groups in total. The normalized spacial score (nSPS) is 12.5. The number of fused-ring (bicyclic) bond motifs is 8. The number of nitrogens with two attached hydrogens (primary N) is 1. The Morgan fingerprint density at radius 3 is 1.66 bits per heavy atom. The van der Waals surface area contributed by atoms with Crippen LogP contribution in [-0.4, -0.2) is 9.13 Å². The van der Waals surface area contributed by atoms with E-state index >= 15 is 0 Å². The Morgan fingerprint density at radius 1 is 0.472 bits per heavy atom. The monoisotopic (exact) mass is 679 g/mol. The average Bonchev–Trinajstić information content (AvgIpc) is 3.71. The molecule has 3 nitrogen and oxygen atoms in total. The Kier molecular flexibility index (Phi) is 7.43. The van der Waals surface area contributed by atoms with Crippen LogP contribution in [0.1, 0.15) is 17.0 Å². The molecule has 0 aliphatic rings. The summed E-state index contributed by atoms with van der Waals surface area (Å²) in [7, 11) is 0. The fraction of sp³-hybridized carbons (Fsp3) is 0.0400. The fourth-order valence-electron chi connectivity index (χ4n) is 8.71. The number of hydrogen-bond donors (Lipinski definition) is 1. The van der Waals surface area contributed by atoms with Gasteiger partial charge in [0.2, 0.25) is 0 Å². The van der Waals surface area contributed by atoms with Crippen LogP contribution >= 0.6 is 0 Å². The zero-order valence-corrected chi connectivity index (χ0v) is 29.2. The first kappa shape index (κ1) is 30.9. The smallest absolute Gasteiger partial charge is 0.0562 e. The van der Waals surface area contributed by atoms with Crippen molar-refractivity contribution in [3.8, 4) is 5.69 Å². The van der Waals surface area contributed by atoms with Gasteiger partial charge in [0.05, 0.1) is 16.6 Å². The molecule has 0 spiro atoms. The van der Waals surface area contributed by atoms with Crippen molar-refractivity contribution in [3.05, 3.63) is 211 Å². The second-order valence-corrected chi connectivity index (χ2v) is 13.9. The van der Waals surface area contributed by atoms with Gasteiger partial charge >= 0.3 is 0 Å². The second kappa shape index (κ2) is 12.7. The molecule has 53 heavy (non-hydrogen) atoms. The highest BCUT2D eigenvalue weighted by Gasteiger charge is 2.25. The number of para-hydroxylation sites is 3. The van der Waals surface area contributed by atoms with E-state index in [2.05, 4.69) is 191 Å². The van der Waals surface area contributed by atoms with Gasteiger partial charge in [-0.3, -0.25) is 0 Å². The summed E-state index contributed by atoms with van der Waals surface area (Å²) in [4.78, 5) is 0. The Balaban J connectivity index is 1.27. The molecule has 10 rings (SSSR count). The number of hydrogen-bond acceptors (Lipinski definition) is 1. The zero-order chi connectivity index (χ0) is 35.3. The highest BCUT2D eigenvalue weighted by molar-refractivity contribution is 6.18. The van der Waals surface area contributed by atoms with Crippen LogP contribution in [-0.2, 0) is 6.54 Å². The van der Waals surface area contributed by atoms with Crippen LogP contribution < -0.4 is 5.73 Å². The number of rotatable bonds is 7. The first-order chi connectivity index (χ1) is 26.3. The molecule has 0 atom stereocenters. The highest BCUT2D eigenvalue weighted by atomic mass is 15.0. The number of benzene rings is 8. The zero-order valence-electron chi connectivity index (χ0n) is 29.2. The summed E-state index contributed by atoms with van der Waals surface area (Å²) in [5.41, 5.74) is 15.9. The minimum absolute atomic E-state index is 0.0425. The van der Waals surface area contributed by atoms with Gasteiger partial charge in [-0.1, -0.05) is 146 Å². The van der Waals surface area contributed by atoms with E-state index in [1.807, 2.05) is 6.08 Å². The molecule has 252 valence electrons. The molecule has 10 aromatic rings. The van der Waals surface area contributed by atoms with Crippen LogP contribution in [0.3, 0.4) is 0 Å². The Morgan fingerprint density at radius 2 is 1.00 bits per heavy atom. The maximum absolute atomic E-state index is 6.13. The topological polar surface area (TPSA) is 35.9 Å². The van der Waals surface area contributed by atoms with Crippen molar-refractivity contribution < 1.29 is 0 Å². The molecule has 3 heteroatoms. The maximum Gasteiger partial charge on any atom is 0.0562 e. The minimum Gasteiger partial charge on any atom is -0.405 e. The molecule has 2 aromatic heterocycles. The van der Waals surface area contributed by atoms with Gasteiger partial charge in [0.25, 0.3) is 0 Å². The van der Waals surface area contributed by atoms with Crippen LogP contribution in [0.4, 0.5) is 0 Å². The summed E-state index contributed by atoms with van der Waals surface area (Å²) in [5.74, 6) is -0.0425. The molecule has 0 fully saturated rings. The van der Waals surface area contributed by atoms with Gasteiger partial charge in [-0.05, 0) is 86.9 Å². The molecule has 0 amide bonds.